The van der Waals surface area contributed by atoms with Gasteiger partial charge in [0.25, 0.3) is 0 Å². The molecule has 2 aliphatic heterocycles. The van der Waals surface area contributed by atoms with E-state index in [9.17, 15) is 8.42 Å². The van der Waals surface area contributed by atoms with Gasteiger partial charge in [-0.05, 0) is 107 Å². The molecule has 372 valence electrons. The van der Waals surface area contributed by atoms with E-state index >= 15 is 0 Å². The lowest BCUT2D eigenvalue weighted by molar-refractivity contribution is 0.0510. The van der Waals surface area contributed by atoms with Crippen LogP contribution >= 0.6 is 58.2 Å². The first-order valence-corrected chi connectivity index (χ1v) is 27.4. The van der Waals surface area contributed by atoms with Crippen molar-refractivity contribution in [3.05, 3.63) is 162 Å². The number of fused-ring (bicyclic) bond motifs is 2. The van der Waals surface area contributed by atoms with E-state index in [0.29, 0.717) is 74.4 Å². The zero-order chi connectivity index (χ0) is 48.6. The van der Waals surface area contributed by atoms with Gasteiger partial charge in [0, 0.05) is 101 Å². The van der Waals surface area contributed by atoms with Crippen molar-refractivity contribution in [1.82, 2.24) is 25.2 Å². The third kappa shape index (κ3) is 16.4. The maximum Gasteiger partial charge on any atom is 0.240 e. The fraction of sp³-hybridized carbons (Fsp3) is 0.423. The van der Waals surface area contributed by atoms with Crippen LogP contribution in [0.5, 0.6) is 0 Å². The van der Waals surface area contributed by atoms with Crippen LogP contribution in [0.4, 0.5) is 0 Å². The highest BCUT2D eigenvalue weighted by atomic mass is 35.5. The molecule has 2 unspecified atom stereocenters. The van der Waals surface area contributed by atoms with E-state index in [-0.39, 0.29) is 29.9 Å². The summed E-state index contributed by atoms with van der Waals surface area (Å²) in [5, 5.41) is 9.46. The molecule has 3 N–H and O–H groups in total. The summed E-state index contributed by atoms with van der Waals surface area (Å²) >= 11 is 27.7. The molecule has 2 aliphatic rings. The van der Waals surface area contributed by atoms with Crippen molar-refractivity contribution in [3.63, 3.8) is 0 Å². The first-order valence-electron chi connectivity index (χ1n) is 23.4. The molecule has 0 aromatic heterocycles. The van der Waals surface area contributed by atoms with Gasteiger partial charge in [0.05, 0.1) is 57.8 Å². The Morgan fingerprint density at radius 3 is 1.59 bits per heavy atom. The fourth-order valence-electron chi connectivity index (χ4n) is 8.70. The number of thioether (sulfide) groups is 1. The normalized spacial score (nSPS) is 16.4. The minimum absolute atomic E-state index is 0.0597. The summed E-state index contributed by atoms with van der Waals surface area (Å²) in [5.41, 5.74) is 9.00. The van der Waals surface area contributed by atoms with E-state index in [1.54, 1.807) is 36.0 Å². The molecule has 0 saturated carbocycles. The molecule has 11 nitrogen and oxygen atoms in total. The predicted octanol–water partition coefficient (Wildman–Crippen LogP) is 9.47. The van der Waals surface area contributed by atoms with Gasteiger partial charge in [0.2, 0.25) is 10.0 Å². The Bertz CT molecular complexity index is 2540. The molecule has 0 spiro atoms. The standard InChI is InChI=1S/C52H63Cl4N5O6S2/c1-60-33-47(45-27-41(53)29-51(55)49(45)35-60)39-5-3-7-43(25-39)68-24-23-67-22-21-65-17-14-58-32-38-11-9-37(10-12-38)31-57-13-16-64-19-20-66-18-15-59-69(62,63)44-8-4-6-40(26-44)48-34-61(2)36-50-46(48)28-42(54)30-52(50)56/h3-12,25-30,47-48,57-59H,13-24,31-36H2,1-2H3. The van der Waals surface area contributed by atoms with Crippen LogP contribution in [-0.2, 0) is 55.1 Å². The summed E-state index contributed by atoms with van der Waals surface area (Å²) in [6.45, 7) is 10.3. The van der Waals surface area contributed by atoms with Crippen LogP contribution < -0.4 is 15.4 Å². The smallest absolute Gasteiger partial charge is 0.240 e. The molecule has 7 rings (SSSR count). The van der Waals surface area contributed by atoms with Crippen molar-refractivity contribution in [1.29, 1.82) is 0 Å². The van der Waals surface area contributed by atoms with Gasteiger partial charge in [-0.25, -0.2) is 13.1 Å². The second kappa shape index (κ2) is 27.3. The van der Waals surface area contributed by atoms with Crippen molar-refractivity contribution in [2.24, 2.45) is 0 Å². The maximum absolute atomic E-state index is 13.2. The monoisotopic (exact) mass is 1060 g/mol. The largest absolute Gasteiger partial charge is 0.378 e. The Labute approximate surface area is 432 Å². The average molecular weight is 1060 g/mol. The number of likely N-dealkylation sites (N-methyl/N-ethyl adjacent to an activating group) is 2. The van der Waals surface area contributed by atoms with Crippen molar-refractivity contribution in [2.75, 3.05) is 105 Å². The summed E-state index contributed by atoms with van der Waals surface area (Å²) in [4.78, 5) is 5.92. The number of sulfonamides is 1. The van der Waals surface area contributed by atoms with Gasteiger partial charge in [-0.1, -0.05) is 94.9 Å². The number of ether oxygens (including phenoxy) is 4. The topological polar surface area (TPSA) is 114 Å². The summed E-state index contributed by atoms with van der Waals surface area (Å²) in [6.07, 6.45) is 0. The minimum Gasteiger partial charge on any atom is -0.378 e. The van der Waals surface area contributed by atoms with Gasteiger partial charge < -0.3 is 39.4 Å². The zero-order valence-corrected chi connectivity index (χ0v) is 43.9. The van der Waals surface area contributed by atoms with Crippen molar-refractivity contribution in [2.45, 2.75) is 47.8 Å². The van der Waals surface area contributed by atoms with Crippen LogP contribution in [0.3, 0.4) is 0 Å². The molecule has 17 heteroatoms. The van der Waals surface area contributed by atoms with Gasteiger partial charge in [0.1, 0.15) is 0 Å². The lowest BCUT2D eigenvalue weighted by atomic mass is 9.85. The molecular formula is C52H63Cl4N5O6S2. The van der Waals surface area contributed by atoms with E-state index < -0.39 is 10.0 Å². The second-order valence-corrected chi connectivity index (χ2v) is 22.0. The predicted molar refractivity (Wildman–Crippen MR) is 281 cm³/mol. The number of nitrogens with zero attached hydrogens (tertiary/aromatic N) is 2. The summed E-state index contributed by atoms with van der Waals surface area (Å²) in [5.74, 6) is 1.03. The molecule has 69 heavy (non-hydrogen) atoms. The Kier molecular flexibility index (Phi) is 21.4. The van der Waals surface area contributed by atoms with Crippen molar-refractivity contribution < 1.29 is 27.4 Å². The highest BCUT2D eigenvalue weighted by Crippen LogP contribution is 2.40. The van der Waals surface area contributed by atoms with E-state index in [2.05, 4.69) is 86.8 Å². The van der Waals surface area contributed by atoms with Crippen LogP contribution in [-0.4, -0.2) is 124 Å². The average Bonchev–Trinajstić information content (AvgIpc) is 3.33. The Hall–Kier alpha value is -2.80. The Morgan fingerprint density at radius 2 is 1.06 bits per heavy atom. The Morgan fingerprint density at radius 1 is 0.580 bits per heavy atom. The van der Waals surface area contributed by atoms with Gasteiger partial charge in [-0.3, -0.25) is 0 Å². The zero-order valence-electron chi connectivity index (χ0n) is 39.3. The van der Waals surface area contributed by atoms with Gasteiger partial charge in [-0.15, -0.1) is 11.8 Å². The lowest BCUT2D eigenvalue weighted by Crippen LogP contribution is -2.31. The van der Waals surface area contributed by atoms with E-state index in [0.717, 1.165) is 72.3 Å². The van der Waals surface area contributed by atoms with Gasteiger partial charge in [-0.2, -0.15) is 0 Å². The number of hydrogen-bond donors (Lipinski definition) is 3. The number of nitrogens with one attached hydrogen (secondary N) is 3. The molecule has 5 aromatic rings. The molecule has 2 heterocycles. The molecule has 0 radical (unpaired) electrons. The van der Waals surface area contributed by atoms with Crippen LogP contribution in [0.2, 0.25) is 20.1 Å². The highest BCUT2D eigenvalue weighted by molar-refractivity contribution is 7.99. The van der Waals surface area contributed by atoms with Crippen molar-refractivity contribution >= 4 is 68.2 Å². The van der Waals surface area contributed by atoms with Crippen LogP contribution in [0.25, 0.3) is 0 Å². The van der Waals surface area contributed by atoms with E-state index in [4.69, 9.17) is 65.4 Å². The summed E-state index contributed by atoms with van der Waals surface area (Å²) in [7, 11) is 0.421. The fourth-order valence-corrected chi connectivity index (χ4v) is 11.7. The molecule has 0 aliphatic carbocycles. The Balaban J connectivity index is 0.668. The van der Waals surface area contributed by atoms with E-state index in [1.807, 2.05) is 25.2 Å². The third-order valence-corrected chi connectivity index (χ3v) is 15.7. The minimum atomic E-state index is -3.74. The number of hydrogen-bond acceptors (Lipinski definition) is 11. The molecule has 0 saturated heterocycles. The third-order valence-electron chi connectivity index (χ3n) is 12.1. The SMILES string of the molecule is CN1Cc2c(Cl)cc(Cl)cc2C(c2cccc(SCCOCCOCCNCc3ccc(CNCCOCCOCCNS(=O)(=O)c4cccc(C5CN(C)Cc6c(Cl)cc(Cl)cc65)c4)cc3)c2)C1. The van der Waals surface area contributed by atoms with Crippen LogP contribution in [0, 0.1) is 0 Å². The highest BCUT2D eigenvalue weighted by Gasteiger charge is 2.29. The van der Waals surface area contributed by atoms with Crippen LogP contribution in [0.15, 0.2) is 107 Å². The van der Waals surface area contributed by atoms with E-state index in [1.165, 1.54) is 27.1 Å². The molecule has 0 fully saturated rings. The lowest BCUT2D eigenvalue weighted by Gasteiger charge is -2.33. The molecule has 2 atom stereocenters. The van der Waals surface area contributed by atoms with Gasteiger partial charge in [0.15, 0.2) is 0 Å². The first kappa shape index (κ1) is 54.0. The first-order chi connectivity index (χ1) is 33.4. The quantitative estimate of drug-likeness (QED) is 0.0346. The molecule has 5 aromatic carbocycles. The van der Waals surface area contributed by atoms with Crippen LogP contribution in [0.1, 0.15) is 56.3 Å². The summed E-state index contributed by atoms with van der Waals surface area (Å²) in [6, 6.07) is 32.0. The second-order valence-electron chi connectivity index (χ2n) is 17.4. The number of halogens is 4. The van der Waals surface area contributed by atoms with Crippen molar-refractivity contribution in [3.8, 4) is 0 Å². The number of rotatable bonds is 27. The molecule has 0 bridgehead atoms. The molecule has 0 amide bonds. The van der Waals surface area contributed by atoms with Gasteiger partial charge >= 0.3 is 0 Å². The maximum atomic E-state index is 13.2. The number of benzene rings is 5. The molecular weight excluding hydrogens is 997 g/mol. The summed E-state index contributed by atoms with van der Waals surface area (Å²) < 4.78 is 52.0.